The number of aliphatic hydroxyl groups excluding tert-OH is 1. The van der Waals surface area contributed by atoms with Crippen LogP contribution in [-0.4, -0.2) is 86.2 Å². The molecule has 4 aromatic rings. The van der Waals surface area contributed by atoms with Crippen LogP contribution < -0.4 is 20.7 Å². The maximum Gasteiger partial charge on any atom is 0.330 e. The predicted octanol–water partition coefficient (Wildman–Crippen LogP) is 3.01. The van der Waals surface area contributed by atoms with Crippen LogP contribution in [0.3, 0.4) is 0 Å². The molecule has 47 heavy (non-hydrogen) atoms. The van der Waals surface area contributed by atoms with Gasteiger partial charge in [0, 0.05) is 25.9 Å². The minimum Gasteiger partial charge on any atom is -0.497 e. The van der Waals surface area contributed by atoms with E-state index in [1.165, 1.54) is 15.8 Å². The van der Waals surface area contributed by atoms with Crippen molar-refractivity contribution in [2.45, 2.75) is 37.1 Å². The van der Waals surface area contributed by atoms with Crippen molar-refractivity contribution in [3.8, 4) is 11.5 Å². The summed E-state index contributed by atoms with van der Waals surface area (Å²) in [6.07, 6.45) is -2.78. The molecule has 250 valence electrons. The average molecular weight is 648 g/mol. The predicted molar refractivity (Wildman–Crippen MR) is 174 cm³/mol. The largest absolute Gasteiger partial charge is 0.497 e. The van der Waals surface area contributed by atoms with Gasteiger partial charge in [0.2, 0.25) is 0 Å². The molecule has 0 bridgehead atoms. The van der Waals surface area contributed by atoms with Gasteiger partial charge in [-0.3, -0.25) is 19.2 Å². The molecule has 0 amide bonds. The molecule has 2 N–H and O–H groups in total. The molecule has 0 saturated carbocycles. The number of nitrogens with zero attached hydrogens (tertiary/aromatic N) is 2. The first kappa shape index (κ1) is 34.0. The second-order valence-corrected chi connectivity index (χ2v) is 11.3. The first-order valence-corrected chi connectivity index (χ1v) is 15.2. The van der Waals surface area contributed by atoms with Crippen molar-refractivity contribution >= 4 is 0 Å². The number of hydroxylamine groups is 2. The van der Waals surface area contributed by atoms with Gasteiger partial charge in [-0.15, -0.1) is 0 Å². The Morgan fingerprint density at radius 1 is 0.872 bits per heavy atom. The van der Waals surface area contributed by atoms with Crippen molar-refractivity contribution in [3.05, 3.63) is 128 Å². The SMILES string of the molecule is COc1ccc(C(OC[C@H]2O[C@@H](n3cc(C)c(=O)[nH]c3=O)[C@H](OCCON(C)C)[C@@H]2O)(c2ccccc2)c2ccc(OC)cc2)cc1. The minimum atomic E-state index is -1.21. The number of aliphatic hydroxyl groups is 1. The third-order valence-corrected chi connectivity index (χ3v) is 8.11. The fourth-order valence-electron chi connectivity index (χ4n) is 5.72. The van der Waals surface area contributed by atoms with Gasteiger partial charge in [0.1, 0.15) is 35.4 Å². The fraction of sp³-hybridized carbons (Fsp3) is 0.371. The van der Waals surface area contributed by atoms with Gasteiger partial charge in [-0.1, -0.05) is 54.6 Å². The Bertz CT molecular complexity index is 1660. The van der Waals surface area contributed by atoms with Crippen LogP contribution in [0.5, 0.6) is 11.5 Å². The molecule has 0 unspecified atom stereocenters. The molecule has 0 spiro atoms. The lowest BCUT2D eigenvalue weighted by Gasteiger charge is -2.37. The van der Waals surface area contributed by atoms with Crippen LogP contribution in [0, 0.1) is 6.92 Å². The molecule has 1 saturated heterocycles. The van der Waals surface area contributed by atoms with Gasteiger partial charge in [-0.2, -0.15) is 5.06 Å². The lowest BCUT2D eigenvalue weighted by molar-refractivity contribution is -0.151. The third-order valence-electron chi connectivity index (χ3n) is 8.11. The Labute approximate surface area is 273 Å². The van der Waals surface area contributed by atoms with Crippen LogP contribution in [0.15, 0.2) is 94.6 Å². The summed E-state index contributed by atoms with van der Waals surface area (Å²) in [6, 6.07) is 24.9. The Morgan fingerprint density at radius 2 is 1.45 bits per heavy atom. The Morgan fingerprint density at radius 3 is 2.00 bits per heavy atom. The summed E-state index contributed by atoms with van der Waals surface area (Å²) < 4.78 is 31.5. The first-order chi connectivity index (χ1) is 22.7. The minimum absolute atomic E-state index is 0.101. The van der Waals surface area contributed by atoms with E-state index in [9.17, 15) is 14.7 Å². The number of aromatic nitrogens is 2. The topological polar surface area (TPSA) is 134 Å². The highest BCUT2D eigenvalue weighted by molar-refractivity contribution is 5.49. The van der Waals surface area contributed by atoms with Gasteiger partial charge in [0.25, 0.3) is 5.56 Å². The summed E-state index contributed by atoms with van der Waals surface area (Å²) in [5.74, 6) is 1.37. The highest BCUT2D eigenvalue weighted by Gasteiger charge is 2.48. The number of nitrogens with one attached hydrogen (secondary N) is 1. The second-order valence-electron chi connectivity index (χ2n) is 11.3. The number of aryl methyl sites for hydroxylation is 1. The molecular formula is C35H41N3O9. The van der Waals surface area contributed by atoms with E-state index >= 15 is 0 Å². The zero-order valence-corrected chi connectivity index (χ0v) is 27.1. The van der Waals surface area contributed by atoms with Crippen LogP contribution in [0.1, 0.15) is 28.5 Å². The van der Waals surface area contributed by atoms with Crippen molar-refractivity contribution in [3.63, 3.8) is 0 Å². The molecular weight excluding hydrogens is 606 g/mol. The summed E-state index contributed by atoms with van der Waals surface area (Å²) >= 11 is 0. The summed E-state index contributed by atoms with van der Waals surface area (Å²) in [5, 5.41) is 13.2. The highest BCUT2D eigenvalue weighted by atomic mass is 16.7. The number of hydrogen-bond donors (Lipinski definition) is 2. The average Bonchev–Trinajstić information content (AvgIpc) is 3.40. The zero-order chi connectivity index (χ0) is 33.6. The molecule has 12 nitrogen and oxygen atoms in total. The van der Waals surface area contributed by atoms with Crippen molar-refractivity contribution in [2.24, 2.45) is 0 Å². The lowest BCUT2D eigenvalue weighted by Crippen LogP contribution is -2.41. The summed E-state index contributed by atoms with van der Waals surface area (Å²) in [6.45, 7) is 1.79. The molecule has 4 atom stereocenters. The quantitative estimate of drug-likeness (QED) is 0.120. The number of methoxy groups -OCH3 is 2. The maximum atomic E-state index is 12.9. The van der Waals surface area contributed by atoms with E-state index < -0.39 is 41.4 Å². The van der Waals surface area contributed by atoms with E-state index in [2.05, 4.69) is 4.98 Å². The van der Waals surface area contributed by atoms with E-state index in [-0.39, 0.29) is 19.8 Å². The molecule has 0 radical (unpaired) electrons. The van der Waals surface area contributed by atoms with Crippen LogP contribution >= 0.6 is 0 Å². The number of H-pyrrole nitrogens is 1. The van der Waals surface area contributed by atoms with E-state index in [1.807, 2.05) is 78.9 Å². The smallest absolute Gasteiger partial charge is 0.330 e. The molecule has 2 heterocycles. The molecule has 1 fully saturated rings. The number of hydrogen-bond acceptors (Lipinski definition) is 10. The van der Waals surface area contributed by atoms with Crippen molar-refractivity contribution in [2.75, 3.05) is 48.1 Å². The van der Waals surface area contributed by atoms with Crippen molar-refractivity contribution in [1.29, 1.82) is 0 Å². The molecule has 1 aliphatic rings. The number of aromatic amines is 1. The van der Waals surface area contributed by atoms with E-state index in [0.29, 0.717) is 17.1 Å². The second kappa shape index (κ2) is 15.1. The van der Waals surface area contributed by atoms with Crippen LogP contribution in [0.25, 0.3) is 0 Å². The number of ether oxygens (including phenoxy) is 5. The van der Waals surface area contributed by atoms with Gasteiger partial charge in [0.05, 0.1) is 34.0 Å². The number of benzene rings is 3. The Hall–Kier alpha value is -4.30. The normalized spacial score (nSPS) is 19.6. The van der Waals surface area contributed by atoms with Gasteiger partial charge in [-0.25, -0.2) is 4.79 Å². The summed E-state index contributed by atoms with van der Waals surface area (Å²) in [5.41, 5.74) is 0.391. The molecule has 12 heteroatoms. The van der Waals surface area contributed by atoms with Crippen LogP contribution in [0.4, 0.5) is 0 Å². The summed E-state index contributed by atoms with van der Waals surface area (Å²) in [4.78, 5) is 32.9. The van der Waals surface area contributed by atoms with Crippen LogP contribution in [-0.2, 0) is 24.6 Å². The van der Waals surface area contributed by atoms with E-state index in [4.69, 9.17) is 28.5 Å². The van der Waals surface area contributed by atoms with E-state index in [1.54, 1.807) is 35.2 Å². The fourth-order valence-corrected chi connectivity index (χ4v) is 5.72. The Kier molecular flexibility index (Phi) is 10.9. The van der Waals surface area contributed by atoms with Gasteiger partial charge in [0.15, 0.2) is 6.23 Å². The molecule has 0 aliphatic carbocycles. The van der Waals surface area contributed by atoms with Gasteiger partial charge in [-0.05, 0) is 47.9 Å². The molecule has 1 aliphatic heterocycles. The Balaban J connectivity index is 1.54. The van der Waals surface area contributed by atoms with Gasteiger partial charge >= 0.3 is 5.69 Å². The van der Waals surface area contributed by atoms with Gasteiger partial charge < -0.3 is 28.8 Å². The standard InChI is InChI=1S/C35H41N3O9/c1-23-21-38(34(41)36-32(23)40)33-31(44-19-20-46-37(2)3)30(39)29(47-33)22-45-35(24-9-7-6-8-10-24,25-11-15-27(42-4)16-12-25)26-13-17-28(43-5)18-14-26/h6-18,21,29-31,33,39H,19-20,22H2,1-5H3,(H,36,40,41)/t29-,30-,31-,33-/m1/s1. The molecule has 1 aromatic heterocycles. The molecule has 5 rings (SSSR count). The first-order valence-electron chi connectivity index (χ1n) is 15.2. The van der Waals surface area contributed by atoms with E-state index in [0.717, 1.165) is 16.7 Å². The van der Waals surface area contributed by atoms with Crippen molar-refractivity contribution in [1.82, 2.24) is 14.6 Å². The van der Waals surface area contributed by atoms with Crippen molar-refractivity contribution < 1.29 is 33.6 Å². The third kappa shape index (κ3) is 7.33. The summed E-state index contributed by atoms with van der Waals surface area (Å²) in [7, 11) is 6.71. The maximum absolute atomic E-state index is 12.9. The van der Waals surface area contributed by atoms with Crippen LogP contribution in [0.2, 0.25) is 0 Å². The molecule has 3 aromatic carbocycles. The zero-order valence-electron chi connectivity index (χ0n) is 27.1. The lowest BCUT2D eigenvalue weighted by atomic mass is 9.80. The number of rotatable bonds is 14. The monoisotopic (exact) mass is 647 g/mol. The highest BCUT2D eigenvalue weighted by Crippen LogP contribution is 2.43.